The van der Waals surface area contributed by atoms with E-state index in [1.807, 2.05) is 78.9 Å². The Morgan fingerprint density at radius 1 is 0.893 bits per heavy atom. The lowest BCUT2D eigenvalue weighted by Gasteiger charge is -2.28. The predicted molar refractivity (Wildman–Crippen MR) is 108 cm³/mol. The van der Waals surface area contributed by atoms with Crippen LogP contribution in [0.2, 0.25) is 0 Å². The number of fused-ring (bicyclic) bond motifs is 1. The van der Waals surface area contributed by atoms with Crippen LogP contribution in [0.4, 0.5) is 0 Å². The predicted octanol–water partition coefficient (Wildman–Crippen LogP) is 4.20. The summed E-state index contributed by atoms with van der Waals surface area (Å²) in [6.45, 7) is 3.99. The maximum atomic E-state index is 11.3. The van der Waals surface area contributed by atoms with E-state index in [9.17, 15) is 4.79 Å². The fourth-order valence-electron chi connectivity index (χ4n) is 3.32. The molecule has 1 aliphatic rings. The van der Waals surface area contributed by atoms with E-state index in [0.717, 1.165) is 16.7 Å². The molecule has 0 spiro atoms. The number of hydrogen-bond acceptors (Lipinski definition) is 3. The van der Waals surface area contributed by atoms with Crippen molar-refractivity contribution in [2.45, 2.75) is 12.2 Å². The Balaban J connectivity index is 1.63. The van der Waals surface area contributed by atoms with E-state index in [0.29, 0.717) is 24.5 Å². The highest BCUT2D eigenvalue weighted by Crippen LogP contribution is 2.47. The van der Waals surface area contributed by atoms with Gasteiger partial charge in [0, 0.05) is 17.7 Å². The number of hydrogen-bond donors (Lipinski definition) is 1. The van der Waals surface area contributed by atoms with Crippen LogP contribution in [0, 0.1) is 0 Å². The molecule has 0 bridgehead atoms. The zero-order valence-electron chi connectivity index (χ0n) is 15.4. The lowest BCUT2D eigenvalue weighted by atomic mass is 9.97. The molecular weight excluding hydrogens is 350 g/mol. The Labute approximate surface area is 164 Å². The molecule has 1 N–H and O–H groups in total. The molecule has 1 heterocycles. The number of nitrogens with one attached hydrogen (secondary N) is 1. The number of benzene rings is 3. The van der Waals surface area contributed by atoms with Crippen LogP contribution in [0.25, 0.3) is 0 Å². The maximum Gasteiger partial charge on any atom is 0.305 e. The van der Waals surface area contributed by atoms with Gasteiger partial charge in [-0.15, -0.1) is 0 Å². The number of carbonyl (C=O) groups is 1. The van der Waals surface area contributed by atoms with Gasteiger partial charge in [0.2, 0.25) is 5.91 Å². The smallest absolute Gasteiger partial charge is 0.305 e. The van der Waals surface area contributed by atoms with Gasteiger partial charge < -0.3 is 14.8 Å². The van der Waals surface area contributed by atoms with Crippen molar-refractivity contribution in [3.05, 3.63) is 108 Å². The van der Waals surface area contributed by atoms with Crippen LogP contribution >= 0.6 is 0 Å². The van der Waals surface area contributed by atoms with E-state index >= 15 is 0 Å². The summed E-state index contributed by atoms with van der Waals surface area (Å²) < 4.78 is 12.8. The normalized spacial score (nSPS) is 13.7. The van der Waals surface area contributed by atoms with Crippen LogP contribution < -0.4 is 14.8 Å². The maximum absolute atomic E-state index is 11.3. The van der Waals surface area contributed by atoms with Crippen LogP contribution in [-0.2, 0) is 17.0 Å². The number of carbonyl (C=O) groups excluding carboxylic acids is 1. The molecule has 0 aromatic heterocycles. The van der Waals surface area contributed by atoms with Gasteiger partial charge in [0.1, 0.15) is 0 Å². The second-order valence-corrected chi connectivity index (χ2v) is 6.58. The van der Waals surface area contributed by atoms with Crippen LogP contribution in [-0.4, -0.2) is 12.5 Å². The van der Waals surface area contributed by atoms with Gasteiger partial charge in [-0.1, -0.05) is 73.3 Å². The van der Waals surface area contributed by atoms with Gasteiger partial charge >= 0.3 is 5.79 Å². The summed E-state index contributed by atoms with van der Waals surface area (Å²) in [5, 5.41) is 2.79. The van der Waals surface area contributed by atoms with Gasteiger partial charge in [0.25, 0.3) is 0 Å². The van der Waals surface area contributed by atoms with E-state index in [-0.39, 0.29) is 5.91 Å². The molecule has 28 heavy (non-hydrogen) atoms. The number of ether oxygens (including phenoxy) is 2. The quantitative estimate of drug-likeness (QED) is 0.661. The van der Waals surface area contributed by atoms with Crippen molar-refractivity contribution in [1.29, 1.82) is 0 Å². The van der Waals surface area contributed by atoms with Gasteiger partial charge in [0.15, 0.2) is 11.5 Å². The van der Waals surface area contributed by atoms with Crippen LogP contribution in [0.15, 0.2) is 91.5 Å². The summed E-state index contributed by atoms with van der Waals surface area (Å²) in [5.41, 5.74) is 2.91. The molecule has 0 saturated carbocycles. The first-order chi connectivity index (χ1) is 13.7. The summed E-state index contributed by atoms with van der Waals surface area (Å²) in [6.07, 6.45) is 1.97. The van der Waals surface area contributed by atoms with Crippen molar-refractivity contribution in [2.24, 2.45) is 0 Å². The highest BCUT2D eigenvalue weighted by atomic mass is 16.7. The van der Waals surface area contributed by atoms with E-state index in [2.05, 4.69) is 11.9 Å². The number of rotatable bonds is 6. The third kappa shape index (κ3) is 3.37. The SMILES string of the molecule is C=CC(=O)NCCc1ccc2c(c1)OC(c1ccccc1)(c1ccccc1)O2. The average molecular weight is 371 g/mol. The van der Waals surface area contributed by atoms with Crippen molar-refractivity contribution in [1.82, 2.24) is 5.32 Å². The zero-order chi connectivity index (χ0) is 19.4. The first-order valence-electron chi connectivity index (χ1n) is 9.23. The summed E-state index contributed by atoms with van der Waals surface area (Å²) in [6, 6.07) is 25.8. The van der Waals surface area contributed by atoms with E-state index in [1.165, 1.54) is 6.08 Å². The monoisotopic (exact) mass is 371 g/mol. The molecule has 1 aliphatic heterocycles. The molecule has 1 amide bonds. The molecule has 3 aromatic carbocycles. The van der Waals surface area contributed by atoms with Crippen molar-refractivity contribution >= 4 is 5.91 Å². The van der Waals surface area contributed by atoms with Gasteiger partial charge in [-0.05, 0) is 30.2 Å². The Bertz CT molecular complexity index is 944. The Kier molecular flexibility index (Phi) is 4.85. The molecule has 0 atom stereocenters. The van der Waals surface area contributed by atoms with Crippen LogP contribution in [0.5, 0.6) is 11.5 Å². The minimum atomic E-state index is -1.01. The van der Waals surface area contributed by atoms with Crippen molar-refractivity contribution < 1.29 is 14.3 Å². The first kappa shape index (κ1) is 17.9. The Morgan fingerprint density at radius 3 is 2.11 bits per heavy atom. The largest absolute Gasteiger partial charge is 0.440 e. The zero-order valence-corrected chi connectivity index (χ0v) is 15.4. The molecule has 0 aliphatic carbocycles. The second-order valence-electron chi connectivity index (χ2n) is 6.58. The average Bonchev–Trinajstić information content (AvgIpc) is 3.15. The summed E-state index contributed by atoms with van der Waals surface area (Å²) in [5.74, 6) is 0.209. The van der Waals surface area contributed by atoms with Crippen molar-refractivity contribution in [3.8, 4) is 11.5 Å². The highest BCUT2D eigenvalue weighted by molar-refractivity contribution is 5.86. The van der Waals surface area contributed by atoms with Gasteiger partial charge in [-0.3, -0.25) is 4.79 Å². The van der Waals surface area contributed by atoms with Gasteiger partial charge in [0.05, 0.1) is 0 Å². The van der Waals surface area contributed by atoms with Crippen molar-refractivity contribution in [3.63, 3.8) is 0 Å². The molecule has 4 rings (SSSR count). The number of amides is 1. The van der Waals surface area contributed by atoms with Crippen LogP contribution in [0.3, 0.4) is 0 Å². The summed E-state index contributed by atoms with van der Waals surface area (Å²) >= 11 is 0. The third-order valence-electron chi connectivity index (χ3n) is 4.72. The molecule has 4 heteroatoms. The molecule has 0 fully saturated rings. The third-order valence-corrected chi connectivity index (χ3v) is 4.72. The fraction of sp³-hybridized carbons (Fsp3) is 0.125. The fourth-order valence-corrected chi connectivity index (χ4v) is 3.32. The summed E-state index contributed by atoms with van der Waals surface area (Å²) in [7, 11) is 0. The van der Waals surface area contributed by atoms with E-state index in [1.54, 1.807) is 0 Å². The van der Waals surface area contributed by atoms with E-state index < -0.39 is 5.79 Å². The Morgan fingerprint density at radius 2 is 1.50 bits per heavy atom. The molecule has 3 aromatic rings. The molecule has 140 valence electrons. The molecule has 0 radical (unpaired) electrons. The highest BCUT2D eigenvalue weighted by Gasteiger charge is 2.45. The molecule has 0 unspecified atom stereocenters. The van der Waals surface area contributed by atoms with Gasteiger partial charge in [-0.2, -0.15) is 0 Å². The second kappa shape index (κ2) is 7.61. The van der Waals surface area contributed by atoms with Crippen molar-refractivity contribution in [2.75, 3.05) is 6.54 Å². The van der Waals surface area contributed by atoms with Gasteiger partial charge in [-0.25, -0.2) is 0 Å². The minimum absolute atomic E-state index is 0.173. The van der Waals surface area contributed by atoms with Crippen LogP contribution in [0.1, 0.15) is 16.7 Å². The lowest BCUT2D eigenvalue weighted by molar-refractivity contribution is -0.116. The first-order valence-corrected chi connectivity index (χ1v) is 9.23. The molecule has 4 nitrogen and oxygen atoms in total. The lowest BCUT2D eigenvalue weighted by Crippen LogP contribution is -2.36. The Hall–Kier alpha value is -3.53. The standard InChI is InChI=1S/C24H21NO3/c1-2-23(26)25-16-15-18-13-14-21-22(17-18)28-24(27-21,19-9-5-3-6-10-19)20-11-7-4-8-12-20/h2-14,17H,1,15-16H2,(H,25,26). The summed E-state index contributed by atoms with van der Waals surface area (Å²) in [4.78, 5) is 11.3. The van der Waals surface area contributed by atoms with E-state index in [4.69, 9.17) is 9.47 Å². The minimum Gasteiger partial charge on any atom is -0.440 e. The molecular formula is C24H21NO3. The molecule has 0 saturated heterocycles. The topological polar surface area (TPSA) is 47.6 Å².